The smallest absolute Gasteiger partial charge is 0.182 e. The van der Waals surface area contributed by atoms with Gasteiger partial charge in [0.05, 0.1) is 5.57 Å². The Morgan fingerprint density at radius 1 is 0.526 bits per heavy atom. The van der Waals surface area contributed by atoms with Crippen LogP contribution in [0.25, 0.3) is 22.3 Å². The van der Waals surface area contributed by atoms with Crippen LogP contribution < -0.4 is 5.32 Å². The molecule has 2 N–H and O–H groups in total. The SMILES string of the molecule is O=C1C=CC(=C2N=C(c3ccc(-c4ccccc4)cc3)NC(c3ccc(-c4ccccc4)cc3)=N2)C(O)=C1. The van der Waals surface area contributed by atoms with Crippen LogP contribution in [-0.4, -0.2) is 22.6 Å². The van der Waals surface area contributed by atoms with Gasteiger partial charge in [-0.2, -0.15) is 0 Å². The van der Waals surface area contributed by atoms with Gasteiger partial charge in [-0.3, -0.25) is 4.79 Å². The van der Waals surface area contributed by atoms with E-state index >= 15 is 0 Å². The first kappa shape index (κ1) is 23.1. The number of allylic oxidation sites excluding steroid dienone is 3. The highest BCUT2D eigenvalue weighted by Crippen LogP contribution is 2.26. The molecule has 0 fully saturated rings. The van der Waals surface area contributed by atoms with E-state index < -0.39 is 0 Å². The summed E-state index contributed by atoms with van der Waals surface area (Å²) in [6, 6.07) is 36.6. The zero-order valence-electron chi connectivity index (χ0n) is 20.4. The molecule has 2 aliphatic rings. The van der Waals surface area contributed by atoms with Crippen LogP contribution in [0.4, 0.5) is 0 Å². The molecule has 0 spiro atoms. The molecule has 4 aromatic rings. The summed E-state index contributed by atoms with van der Waals surface area (Å²) in [6.07, 6.45) is 4.13. The number of amidine groups is 2. The standard InChI is InChI=1S/C33H23N3O2/c37-28-19-20-29(30(38)21-28)33-35-31(26-15-11-24(12-16-26)22-7-3-1-4-8-22)34-32(36-33)27-17-13-25(14-18-27)23-9-5-2-6-10-23/h1-21,38H,(H,34,35,36). The Morgan fingerprint density at radius 3 is 1.39 bits per heavy atom. The fourth-order valence-corrected chi connectivity index (χ4v) is 4.40. The number of rotatable bonds is 4. The number of benzene rings is 4. The number of carbonyl (C=O) groups is 1. The van der Waals surface area contributed by atoms with Crippen molar-refractivity contribution >= 4 is 17.5 Å². The van der Waals surface area contributed by atoms with E-state index in [4.69, 9.17) is 9.98 Å². The van der Waals surface area contributed by atoms with Gasteiger partial charge >= 0.3 is 0 Å². The quantitative estimate of drug-likeness (QED) is 0.336. The van der Waals surface area contributed by atoms with Crippen molar-refractivity contribution in [3.63, 3.8) is 0 Å². The van der Waals surface area contributed by atoms with Crippen LogP contribution in [0.2, 0.25) is 0 Å². The summed E-state index contributed by atoms with van der Waals surface area (Å²) in [7, 11) is 0. The molecule has 5 heteroatoms. The highest BCUT2D eigenvalue weighted by Gasteiger charge is 2.21. The second-order valence-electron chi connectivity index (χ2n) is 8.94. The Balaban J connectivity index is 1.39. The minimum atomic E-state index is -0.276. The van der Waals surface area contributed by atoms with Crippen LogP contribution in [0, 0.1) is 0 Å². The molecule has 4 aromatic carbocycles. The number of nitrogens with one attached hydrogen (secondary N) is 1. The Hall–Kier alpha value is -5.29. The normalized spacial score (nSPS) is 14.9. The van der Waals surface area contributed by atoms with Crippen molar-refractivity contribution in [3.05, 3.63) is 156 Å². The molecule has 182 valence electrons. The molecule has 0 saturated carbocycles. The van der Waals surface area contributed by atoms with Crippen LogP contribution in [0.5, 0.6) is 0 Å². The van der Waals surface area contributed by atoms with Crippen LogP contribution in [0.1, 0.15) is 11.1 Å². The Bertz CT molecular complexity index is 1560. The van der Waals surface area contributed by atoms with E-state index in [2.05, 4.69) is 53.8 Å². The molecule has 1 heterocycles. The van der Waals surface area contributed by atoms with Gasteiger partial charge in [0.15, 0.2) is 11.6 Å². The Labute approximate surface area is 220 Å². The lowest BCUT2D eigenvalue weighted by molar-refractivity contribution is -0.110. The molecule has 0 atom stereocenters. The summed E-state index contributed by atoms with van der Waals surface area (Å²) < 4.78 is 0. The molecule has 0 unspecified atom stereocenters. The lowest BCUT2D eigenvalue weighted by atomic mass is 10.0. The molecule has 38 heavy (non-hydrogen) atoms. The van der Waals surface area contributed by atoms with Crippen molar-refractivity contribution in [2.24, 2.45) is 9.98 Å². The van der Waals surface area contributed by atoms with Crippen molar-refractivity contribution in [2.75, 3.05) is 0 Å². The Morgan fingerprint density at radius 2 is 0.947 bits per heavy atom. The lowest BCUT2D eigenvalue weighted by Gasteiger charge is -2.20. The molecule has 1 aliphatic heterocycles. The highest BCUT2D eigenvalue weighted by atomic mass is 16.3. The first-order valence-corrected chi connectivity index (χ1v) is 12.3. The predicted octanol–water partition coefficient (Wildman–Crippen LogP) is 6.61. The van der Waals surface area contributed by atoms with Gasteiger partial charge < -0.3 is 10.4 Å². The van der Waals surface area contributed by atoms with E-state index in [-0.39, 0.29) is 11.5 Å². The number of hydrogen-bond donors (Lipinski definition) is 2. The topological polar surface area (TPSA) is 74.0 Å². The van der Waals surface area contributed by atoms with Gasteiger partial charge in [0.1, 0.15) is 17.4 Å². The van der Waals surface area contributed by atoms with Gasteiger partial charge in [-0.25, -0.2) is 9.98 Å². The molecule has 5 nitrogen and oxygen atoms in total. The monoisotopic (exact) mass is 493 g/mol. The largest absolute Gasteiger partial charge is 0.507 e. The number of carbonyl (C=O) groups excluding carboxylic acids is 1. The summed E-state index contributed by atoms with van der Waals surface area (Å²) in [5.74, 6) is 1.09. The summed E-state index contributed by atoms with van der Waals surface area (Å²) in [6.45, 7) is 0. The first-order valence-electron chi connectivity index (χ1n) is 12.3. The summed E-state index contributed by atoms with van der Waals surface area (Å²) in [5, 5.41) is 13.9. The second-order valence-corrected chi connectivity index (χ2v) is 8.94. The number of aliphatic hydroxyl groups excluding tert-OH is 1. The average molecular weight is 494 g/mol. The van der Waals surface area contributed by atoms with Gasteiger partial charge in [0.2, 0.25) is 0 Å². The molecular weight excluding hydrogens is 470 g/mol. The van der Waals surface area contributed by atoms with E-state index in [0.29, 0.717) is 23.1 Å². The predicted molar refractivity (Wildman–Crippen MR) is 152 cm³/mol. The number of aliphatic imine (C=N–C) groups is 2. The van der Waals surface area contributed by atoms with Gasteiger partial charge in [0.25, 0.3) is 0 Å². The van der Waals surface area contributed by atoms with Crippen LogP contribution >= 0.6 is 0 Å². The highest BCUT2D eigenvalue weighted by molar-refractivity contribution is 6.17. The van der Waals surface area contributed by atoms with Crippen molar-refractivity contribution in [1.82, 2.24) is 5.32 Å². The third-order valence-corrected chi connectivity index (χ3v) is 6.41. The minimum absolute atomic E-state index is 0.153. The van der Waals surface area contributed by atoms with Gasteiger partial charge in [0, 0.05) is 17.2 Å². The van der Waals surface area contributed by atoms with Crippen molar-refractivity contribution in [1.29, 1.82) is 0 Å². The maximum absolute atomic E-state index is 11.7. The van der Waals surface area contributed by atoms with E-state index in [1.807, 2.05) is 60.7 Å². The summed E-state index contributed by atoms with van der Waals surface area (Å²) >= 11 is 0. The van der Waals surface area contributed by atoms with Crippen LogP contribution in [0.15, 0.2) is 155 Å². The molecule has 0 saturated heterocycles. The molecule has 0 amide bonds. The third kappa shape index (κ3) is 4.73. The van der Waals surface area contributed by atoms with Gasteiger partial charge in [-0.05, 0) is 34.4 Å². The van der Waals surface area contributed by atoms with Gasteiger partial charge in [-0.1, -0.05) is 109 Å². The zero-order chi connectivity index (χ0) is 25.9. The van der Waals surface area contributed by atoms with E-state index in [1.165, 1.54) is 12.2 Å². The van der Waals surface area contributed by atoms with Crippen molar-refractivity contribution in [3.8, 4) is 22.3 Å². The summed E-state index contributed by atoms with van der Waals surface area (Å²) in [5.41, 5.74) is 6.60. The maximum atomic E-state index is 11.7. The fourth-order valence-electron chi connectivity index (χ4n) is 4.40. The molecule has 0 aromatic heterocycles. The third-order valence-electron chi connectivity index (χ3n) is 6.41. The van der Waals surface area contributed by atoms with Crippen LogP contribution in [0.3, 0.4) is 0 Å². The molecule has 0 bridgehead atoms. The van der Waals surface area contributed by atoms with E-state index in [9.17, 15) is 9.90 Å². The van der Waals surface area contributed by atoms with Gasteiger partial charge in [-0.15, -0.1) is 0 Å². The first-order chi connectivity index (χ1) is 18.6. The molecular formula is C33H23N3O2. The number of nitrogens with zero attached hydrogens (tertiary/aromatic N) is 2. The molecule has 1 aliphatic carbocycles. The van der Waals surface area contributed by atoms with Crippen molar-refractivity contribution in [2.45, 2.75) is 0 Å². The molecule has 0 radical (unpaired) electrons. The number of aliphatic hydroxyl groups is 1. The van der Waals surface area contributed by atoms with Crippen molar-refractivity contribution < 1.29 is 9.90 Å². The maximum Gasteiger partial charge on any atom is 0.182 e. The zero-order valence-corrected chi connectivity index (χ0v) is 20.4. The minimum Gasteiger partial charge on any atom is -0.507 e. The van der Waals surface area contributed by atoms with E-state index in [0.717, 1.165) is 33.4 Å². The summed E-state index contributed by atoms with van der Waals surface area (Å²) in [4.78, 5) is 21.2. The average Bonchev–Trinajstić information content (AvgIpc) is 2.98. The number of hydrogen-bond acceptors (Lipinski definition) is 5. The molecule has 6 rings (SSSR count). The lowest BCUT2D eigenvalue weighted by Crippen LogP contribution is -2.35. The second kappa shape index (κ2) is 9.99. The fraction of sp³-hybridized carbons (Fsp3) is 0. The van der Waals surface area contributed by atoms with E-state index in [1.54, 1.807) is 6.08 Å². The van der Waals surface area contributed by atoms with Crippen LogP contribution in [-0.2, 0) is 4.79 Å². The number of ketones is 1. The Kier molecular flexibility index (Phi) is 6.08.